The van der Waals surface area contributed by atoms with Gasteiger partial charge in [0.2, 0.25) is 0 Å². The van der Waals surface area contributed by atoms with Crippen LogP contribution >= 0.6 is 15.9 Å². The van der Waals surface area contributed by atoms with Crippen LogP contribution in [0.4, 0.5) is 5.69 Å². The number of anilines is 1. The van der Waals surface area contributed by atoms with Gasteiger partial charge in [-0.15, -0.1) is 0 Å². The number of carbonyl (C=O) groups is 1. The van der Waals surface area contributed by atoms with Crippen LogP contribution in [0.3, 0.4) is 0 Å². The third kappa shape index (κ3) is 3.84. The van der Waals surface area contributed by atoms with Crippen molar-refractivity contribution in [3.8, 4) is 5.75 Å². The SMILES string of the molecule is CC(C)Oc1ccc(C(=O)Nc2ccccc2)cc1Br. The summed E-state index contributed by atoms with van der Waals surface area (Å²) in [6, 6.07) is 14.7. The van der Waals surface area contributed by atoms with E-state index >= 15 is 0 Å². The van der Waals surface area contributed by atoms with Crippen LogP contribution in [0.1, 0.15) is 24.2 Å². The van der Waals surface area contributed by atoms with Crippen LogP contribution in [-0.2, 0) is 0 Å². The third-order valence-electron chi connectivity index (χ3n) is 2.59. The minimum absolute atomic E-state index is 0.0929. The van der Waals surface area contributed by atoms with E-state index in [-0.39, 0.29) is 12.0 Å². The smallest absolute Gasteiger partial charge is 0.255 e. The van der Waals surface area contributed by atoms with Crippen molar-refractivity contribution in [3.63, 3.8) is 0 Å². The van der Waals surface area contributed by atoms with Crippen molar-refractivity contribution in [1.29, 1.82) is 0 Å². The first-order chi connectivity index (χ1) is 9.56. The maximum Gasteiger partial charge on any atom is 0.255 e. The Balaban J connectivity index is 2.13. The first-order valence-electron chi connectivity index (χ1n) is 6.39. The van der Waals surface area contributed by atoms with Crippen molar-refractivity contribution in [2.45, 2.75) is 20.0 Å². The van der Waals surface area contributed by atoms with Gasteiger partial charge in [-0.05, 0) is 60.1 Å². The van der Waals surface area contributed by atoms with Crippen LogP contribution in [0.5, 0.6) is 5.75 Å². The Kier molecular flexibility index (Phi) is 4.79. The predicted octanol–water partition coefficient (Wildman–Crippen LogP) is 4.49. The highest BCUT2D eigenvalue weighted by Crippen LogP contribution is 2.27. The molecule has 0 unspecified atom stereocenters. The number of rotatable bonds is 4. The van der Waals surface area contributed by atoms with Gasteiger partial charge in [0.15, 0.2) is 0 Å². The maximum absolute atomic E-state index is 12.1. The summed E-state index contributed by atoms with van der Waals surface area (Å²) in [4.78, 5) is 12.1. The van der Waals surface area contributed by atoms with Gasteiger partial charge in [0.1, 0.15) is 5.75 Å². The zero-order chi connectivity index (χ0) is 14.5. The quantitative estimate of drug-likeness (QED) is 0.895. The molecule has 0 aromatic heterocycles. The van der Waals surface area contributed by atoms with Crippen molar-refractivity contribution in [2.75, 3.05) is 5.32 Å². The van der Waals surface area contributed by atoms with Crippen LogP contribution in [0, 0.1) is 0 Å². The Hall–Kier alpha value is -1.81. The highest BCUT2D eigenvalue weighted by molar-refractivity contribution is 9.10. The molecule has 1 N–H and O–H groups in total. The lowest BCUT2D eigenvalue weighted by Crippen LogP contribution is -2.12. The summed E-state index contributed by atoms with van der Waals surface area (Å²) < 4.78 is 6.39. The average molecular weight is 334 g/mol. The van der Waals surface area contributed by atoms with E-state index < -0.39 is 0 Å². The van der Waals surface area contributed by atoms with Gasteiger partial charge in [0.25, 0.3) is 5.91 Å². The van der Waals surface area contributed by atoms with Crippen LogP contribution in [0.15, 0.2) is 53.0 Å². The number of carbonyl (C=O) groups excluding carboxylic acids is 1. The topological polar surface area (TPSA) is 38.3 Å². The number of hydrogen-bond acceptors (Lipinski definition) is 2. The molecule has 2 rings (SSSR count). The Bertz CT molecular complexity index is 597. The lowest BCUT2D eigenvalue weighted by atomic mass is 10.2. The van der Waals surface area contributed by atoms with E-state index in [4.69, 9.17) is 4.74 Å². The first-order valence-corrected chi connectivity index (χ1v) is 7.18. The number of ether oxygens (including phenoxy) is 1. The van der Waals surface area contributed by atoms with Crippen LogP contribution < -0.4 is 10.1 Å². The molecule has 0 aliphatic carbocycles. The van der Waals surface area contributed by atoms with Crippen LogP contribution in [-0.4, -0.2) is 12.0 Å². The van der Waals surface area contributed by atoms with Gasteiger partial charge in [-0.2, -0.15) is 0 Å². The molecule has 0 bridgehead atoms. The lowest BCUT2D eigenvalue weighted by molar-refractivity contribution is 0.102. The fourth-order valence-corrected chi connectivity index (χ4v) is 2.19. The largest absolute Gasteiger partial charge is 0.490 e. The highest BCUT2D eigenvalue weighted by atomic mass is 79.9. The Morgan fingerprint density at radius 1 is 1.15 bits per heavy atom. The van der Waals surface area contributed by atoms with Crippen molar-refractivity contribution in [1.82, 2.24) is 0 Å². The standard InChI is InChI=1S/C16H16BrNO2/c1-11(2)20-15-9-8-12(10-14(15)17)16(19)18-13-6-4-3-5-7-13/h3-11H,1-2H3,(H,18,19). The van der Waals surface area contributed by atoms with Gasteiger partial charge in [0, 0.05) is 11.3 Å². The molecule has 0 radical (unpaired) electrons. The predicted molar refractivity (Wildman–Crippen MR) is 84.3 cm³/mol. The normalized spacial score (nSPS) is 10.4. The average Bonchev–Trinajstić information content (AvgIpc) is 2.41. The number of nitrogens with one attached hydrogen (secondary N) is 1. The summed E-state index contributed by atoms with van der Waals surface area (Å²) in [5.74, 6) is 0.587. The second kappa shape index (κ2) is 6.57. The van der Waals surface area contributed by atoms with Gasteiger partial charge < -0.3 is 10.1 Å². The molecular formula is C16H16BrNO2. The molecule has 0 fully saturated rings. The van der Waals surface area contributed by atoms with Crippen molar-refractivity contribution < 1.29 is 9.53 Å². The van der Waals surface area contributed by atoms with E-state index in [0.717, 1.165) is 15.9 Å². The molecule has 0 aliphatic rings. The lowest BCUT2D eigenvalue weighted by Gasteiger charge is -2.12. The summed E-state index contributed by atoms with van der Waals surface area (Å²) in [6.07, 6.45) is 0.0929. The Morgan fingerprint density at radius 2 is 1.85 bits per heavy atom. The second-order valence-corrected chi connectivity index (χ2v) is 5.49. The zero-order valence-electron chi connectivity index (χ0n) is 11.4. The fourth-order valence-electron chi connectivity index (χ4n) is 1.72. The summed E-state index contributed by atoms with van der Waals surface area (Å²) in [6.45, 7) is 3.92. The molecule has 1 amide bonds. The van der Waals surface area contributed by atoms with Gasteiger partial charge >= 0.3 is 0 Å². The molecule has 3 nitrogen and oxygen atoms in total. The fraction of sp³-hybridized carbons (Fsp3) is 0.188. The molecule has 2 aromatic carbocycles. The number of amides is 1. The zero-order valence-corrected chi connectivity index (χ0v) is 13.0. The van der Waals surface area contributed by atoms with Gasteiger partial charge in [-0.1, -0.05) is 18.2 Å². The van der Waals surface area contributed by atoms with E-state index in [9.17, 15) is 4.79 Å². The van der Waals surface area contributed by atoms with E-state index in [1.54, 1.807) is 18.2 Å². The van der Waals surface area contributed by atoms with Crippen LogP contribution in [0.2, 0.25) is 0 Å². The Morgan fingerprint density at radius 3 is 2.45 bits per heavy atom. The summed E-state index contributed by atoms with van der Waals surface area (Å²) in [7, 11) is 0. The van der Waals surface area contributed by atoms with Crippen molar-refractivity contribution in [2.24, 2.45) is 0 Å². The summed E-state index contributed by atoms with van der Waals surface area (Å²) in [5, 5.41) is 2.85. The summed E-state index contributed by atoms with van der Waals surface area (Å²) >= 11 is 3.42. The van der Waals surface area contributed by atoms with Gasteiger partial charge in [-0.25, -0.2) is 0 Å². The number of benzene rings is 2. The molecule has 0 spiro atoms. The minimum atomic E-state index is -0.145. The monoisotopic (exact) mass is 333 g/mol. The van der Waals surface area contributed by atoms with E-state index in [1.807, 2.05) is 44.2 Å². The molecular weight excluding hydrogens is 318 g/mol. The summed E-state index contributed by atoms with van der Waals surface area (Å²) in [5.41, 5.74) is 1.35. The minimum Gasteiger partial charge on any atom is -0.490 e. The first kappa shape index (κ1) is 14.6. The van der Waals surface area contributed by atoms with Crippen molar-refractivity contribution in [3.05, 3.63) is 58.6 Å². The van der Waals surface area contributed by atoms with Crippen molar-refractivity contribution >= 4 is 27.5 Å². The molecule has 4 heteroatoms. The van der Waals surface area contributed by atoms with Gasteiger partial charge in [0.05, 0.1) is 10.6 Å². The van der Waals surface area contributed by atoms with E-state index in [0.29, 0.717) is 5.56 Å². The molecule has 0 saturated carbocycles. The molecule has 0 atom stereocenters. The molecule has 0 saturated heterocycles. The van der Waals surface area contributed by atoms with Crippen LogP contribution in [0.25, 0.3) is 0 Å². The maximum atomic E-state index is 12.1. The number of para-hydroxylation sites is 1. The molecule has 0 heterocycles. The Labute approximate surface area is 127 Å². The number of halogens is 1. The molecule has 2 aromatic rings. The highest BCUT2D eigenvalue weighted by Gasteiger charge is 2.10. The van der Waals surface area contributed by atoms with Gasteiger partial charge in [-0.3, -0.25) is 4.79 Å². The molecule has 20 heavy (non-hydrogen) atoms. The van der Waals surface area contributed by atoms with E-state index in [1.165, 1.54) is 0 Å². The second-order valence-electron chi connectivity index (χ2n) is 4.63. The number of hydrogen-bond donors (Lipinski definition) is 1. The third-order valence-corrected chi connectivity index (χ3v) is 3.21. The molecule has 0 aliphatic heterocycles. The molecule has 104 valence electrons. The van der Waals surface area contributed by atoms with E-state index in [2.05, 4.69) is 21.2 Å².